The zero-order chi connectivity index (χ0) is 27.1. The molecule has 0 spiro atoms. The molecular formula is C26H23F6N5O. The van der Waals surface area contributed by atoms with Crippen LogP contribution in [0.25, 0.3) is 22.7 Å². The molecule has 1 fully saturated rings. The fraction of sp³-hybridized carbons (Fsp3) is 0.346. The average molecular weight is 535 g/mol. The van der Waals surface area contributed by atoms with Gasteiger partial charge in [0.05, 0.1) is 29.1 Å². The minimum atomic E-state index is -4.47. The van der Waals surface area contributed by atoms with Gasteiger partial charge in [0.15, 0.2) is 5.82 Å². The van der Waals surface area contributed by atoms with Crippen LogP contribution in [0.2, 0.25) is 0 Å². The molecule has 3 heterocycles. The van der Waals surface area contributed by atoms with E-state index in [9.17, 15) is 26.3 Å². The largest absolute Gasteiger partial charge is 0.416 e. The van der Waals surface area contributed by atoms with E-state index in [1.54, 1.807) is 6.20 Å². The Morgan fingerprint density at radius 1 is 0.921 bits per heavy atom. The maximum absolute atomic E-state index is 13.0. The number of piperidine rings is 1. The van der Waals surface area contributed by atoms with Gasteiger partial charge in [0.2, 0.25) is 0 Å². The number of rotatable bonds is 5. The quantitative estimate of drug-likeness (QED) is 0.276. The van der Waals surface area contributed by atoms with Gasteiger partial charge in [0.1, 0.15) is 5.82 Å². The van der Waals surface area contributed by atoms with E-state index in [4.69, 9.17) is 4.52 Å². The molecular weight excluding hydrogens is 512 g/mol. The monoisotopic (exact) mass is 535 g/mol. The number of benzene rings is 2. The second-order valence-electron chi connectivity index (χ2n) is 9.28. The maximum atomic E-state index is 13.0. The number of alkyl halides is 6. The van der Waals surface area contributed by atoms with Gasteiger partial charge in [-0.2, -0.15) is 31.3 Å². The molecule has 2 aromatic heterocycles. The van der Waals surface area contributed by atoms with Crippen LogP contribution in [0.15, 0.2) is 59.3 Å². The van der Waals surface area contributed by atoms with E-state index in [-0.39, 0.29) is 23.4 Å². The Balaban J connectivity index is 1.21. The molecule has 1 unspecified atom stereocenters. The second kappa shape index (κ2) is 9.90. The Morgan fingerprint density at radius 2 is 1.61 bits per heavy atom. The number of aromatic nitrogens is 4. The molecule has 1 aliphatic heterocycles. The topological polar surface area (TPSA) is 70.8 Å². The molecule has 2 aromatic carbocycles. The normalized spacial score (nSPS) is 16.6. The minimum Gasteiger partial charge on any atom is -0.342 e. The lowest BCUT2D eigenvalue weighted by molar-refractivity contribution is -0.138. The van der Waals surface area contributed by atoms with Crippen LogP contribution in [-0.4, -0.2) is 38.1 Å². The molecule has 1 atom stereocenters. The van der Waals surface area contributed by atoms with E-state index in [0.29, 0.717) is 30.2 Å². The Labute approximate surface area is 213 Å². The maximum Gasteiger partial charge on any atom is 0.416 e. The van der Waals surface area contributed by atoms with Crippen LogP contribution in [0.3, 0.4) is 0 Å². The molecule has 200 valence electrons. The summed E-state index contributed by atoms with van der Waals surface area (Å²) in [6, 6.07) is 9.48. The Bertz CT molecular complexity index is 1380. The van der Waals surface area contributed by atoms with E-state index < -0.39 is 23.5 Å². The van der Waals surface area contributed by atoms with Gasteiger partial charge in [-0.05, 0) is 68.8 Å². The number of H-pyrrole nitrogens is 1. The van der Waals surface area contributed by atoms with E-state index >= 15 is 0 Å². The summed E-state index contributed by atoms with van der Waals surface area (Å²) in [5.74, 6) is 1.34. The van der Waals surface area contributed by atoms with Gasteiger partial charge < -0.3 is 9.51 Å². The molecule has 0 saturated carbocycles. The first-order valence-corrected chi connectivity index (χ1v) is 12.0. The Hall–Kier alpha value is -3.67. The van der Waals surface area contributed by atoms with Crippen molar-refractivity contribution in [3.63, 3.8) is 0 Å². The van der Waals surface area contributed by atoms with E-state index in [1.165, 1.54) is 24.3 Å². The van der Waals surface area contributed by atoms with Gasteiger partial charge in [-0.1, -0.05) is 23.4 Å². The van der Waals surface area contributed by atoms with Crippen LogP contribution in [0.5, 0.6) is 0 Å². The second-order valence-corrected chi connectivity index (χ2v) is 9.28. The zero-order valence-electron chi connectivity index (χ0n) is 20.1. The molecule has 0 radical (unpaired) electrons. The lowest BCUT2D eigenvalue weighted by Gasteiger charge is -2.34. The highest BCUT2D eigenvalue weighted by Crippen LogP contribution is 2.35. The summed E-state index contributed by atoms with van der Waals surface area (Å²) in [6.45, 7) is 3.32. The molecule has 1 saturated heterocycles. The molecule has 5 rings (SSSR count). The SMILES string of the molecule is CC(c1noc(-c2cccc(C(F)(F)F)c2)n1)N1CCC(c2ncc(-c3ccc(C(F)(F)F)cc3)[nH]2)CC1. The van der Waals surface area contributed by atoms with Crippen molar-refractivity contribution in [2.24, 2.45) is 0 Å². The summed E-state index contributed by atoms with van der Waals surface area (Å²) in [4.78, 5) is 14.2. The van der Waals surface area contributed by atoms with Crippen molar-refractivity contribution in [1.82, 2.24) is 25.0 Å². The van der Waals surface area contributed by atoms with E-state index in [1.807, 2.05) is 6.92 Å². The molecule has 0 bridgehead atoms. The standard InChI is InChI=1S/C26H23F6N5O/c1-15(22-35-24(38-36-22)18-3-2-4-20(13-18)26(30,31)32)37-11-9-17(10-12-37)23-33-14-21(34-23)16-5-7-19(8-6-16)25(27,28)29/h2-8,13-15,17H,9-12H2,1H3,(H,33,34). The molecule has 4 aromatic rings. The number of nitrogens with one attached hydrogen (secondary N) is 1. The highest BCUT2D eigenvalue weighted by Gasteiger charge is 2.32. The van der Waals surface area contributed by atoms with Crippen molar-refractivity contribution < 1.29 is 30.9 Å². The summed E-state index contributed by atoms with van der Waals surface area (Å²) < 4.78 is 82.8. The van der Waals surface area contributed by atoms with Crippen LogP contribution in [-0.2, 0) is 12.4 Å². The van der Waals surface area contributed by atoms with Gasteiger partial charge in [0, 0.05) is 11.5 Å². The number of hydrogen-bond donors (Lipinski definition) is 1. The lowest BCUT2D eigenvalue weighted by Crippen LogP contribution is -2.35. The van der Waals surface area contributed by atoms with Crippen LogP contribution >= 0.6 is 0 Å². The zero-order valence-corrected chi connectivity index (χ0v) is 20.1. The number of likely N-dealkylation sites (tertiary alicyclic amines) is 1. The first-order chi connectivity index (χ1) is 18.0. The van der Waals surface area contributed by atoms with Crippen molar-refractivity contribution in [1.29, 1.82) is 0 Å². The lowest BCUT2D eigenvalue weighted by atomic mass is 9.95. The van der Waals surface area contributed by atoms with Crippen molar-refractivity contribution in [3.8, 4) is 22.7 Å². The highest BCUT2D eigenvalue weighted by atomic mass is 19.4. The third-order valence-corrected chi connectivity index (χ3v) is 6.83. The smallest absolute Gasteiger partial charge is 0.342 e. The number of hydrogen-bond acceptors (Lipinski definition) is 5. The molecule has 0 amide bonds. The summed E-state index contributed by atoms with van der Waals surface area (Å²) in [6.07, 6.45) is -5.67. The number of imidazole rings is 1. The molecule has 0 aliphatic carbocycles. The summed E-state index contributed by atoms with van der Waals surface area (Å²) in [5.41, 5.74) is -0.0172. The van der Waals surface area contributed by atoms with Crippen LogP contribution in [0.1, 0.15) is 54.5 Å². The van der Waals surface area contributed by atoms with Crippen LogP contribution < -0.4 is 0 Å². The van der Waals surface area contributed by atoms with E-state index in [2.05, 4.69) is 25.0 Å². The van der Waals surface area contributed by atoms with Crippen molar-refractivity contribution in [3.05, 3.63) is 77.5 Å². The highest BCUT2D eigenvalue weighted by molar-refractivity contribution is 5.59. The van der Waals surface area contributed by atoms with Gasteiger partial charge in [-0.25, -0.2) is 4.98 Å². The first-order valence-electron chi connectivity index (χ1n) is 12.0. The van der Waals surface area contributed by atoms with E-state index in [0.717, 1.165) is 42.9 Å². The summed E-state index contributed by atoms with van der Waals surface area (Å²) in [7, 11) is 0. The number of nitrogens with zero attached hydrogens (tertiary/aromatic N) is 4. The van der Waals surface area contributed by atoms with Crippen molar-refractivity contribution in [2.75, 3.05) is 13.1 Å². The fourth-order valence-corrected chi connectivity index (χ4v) is 4.60. The van der Waals surface area contributed by atoms with Gasteiger partial charge >= 0.3 is 12.4 Å². The summed E-state index contributed by atoms with van der Waals surface area (Å²) in [5, 5.41) is 4.00. The third-order valence-electron chi connectivity index (χ3n) is 6.83. The van der Waals surface area contributed by atoms with Gasteiger partial charge in [-0.15, -0.1) is 0 Å². The number of aromatic amines is 1. The Kier molecular flexibility index (Phi) is 6.76. The third kappa shape index (κ3) is 5.45. The molecule has 6 nitrogen and oxygen atoms in total. The molecule has 1 aliphatic rings. The Morgan fingerprint density at radius 3 is 2.26 bits per heavy atom. The first kappa shape index (κ1) is 26.0. The van der Waals surface area contributed by atoms with Crippen molar-refractivity contribution >= 4 is 0 Å². The minimum absolute atomic E-state index is 0.0271. The summed E-state index contributed by atoms with van der Waals surface area (Å²) >= 11 is 0. The van der Waals surface area contributed by atoms with Crippen LogP contribution in [0.4, 0.5) is 26.3 Å². The molecule has 38 heavy (non-hydrogen) atoms. The van der Waals surface area contributed by atoms with Crippen molar-refractivity contribution in [2.45, 2.75) is 44.1 Å². The molecule has 12 heteroatoms. The van der Waals surface area contributed by atoms with Gasteiger partial charge in [-0.3, -0.25) is 4.90 Å². The number of halogens is 6. The fourth-order valence-electron chi connectivity index (χ4n) is 4.60. The van der Waals surface area contributed by atoms with Crippen LogP contribution in [0, 0.1) is 0 Å². The molecule has 1 N–H and O–H groups in total. The average Bonchev–Trinajstić information content (AvgIpc) is 3.58. The predicted octanol–water partition coefficient (Wildman–Crippen LogP) is 7.10. The van der Waals surface area contributed by atoms with Gasteiger partial charge in [0.25, 0.3) is 5.89 Å². The predicted molar refractivity (Wildman–Crippen MR) is 126 cm³/mol.